The summed E-state index contributed by atoms with van der Waals surface area (Å²) in [6.45, 7) is 0. The normalized spacial score (nSPS) is 22.7. The van der Waals surface area contributed by atoms with Crippen LogP contribution in [0.2, 0.25) is 0 Å². The lowest BCUT2D eigenvalue weighted by Crippen LogP contribution is -2.04. The average Bonchev–Trinajstić information content (AvgIpc) is 3.06. The SMILES string of the molecule is c1cc2c(s1)CCC/C2=C1/CCCc2sccc21. The molecule has 0 aromatic carbocycles. The van der Waals surface area contributed by atoms with E-state index in [9.17, 15) is 0 Å². The van der Waals surface area contributed by atoms with Crippen LogP contribution in [0.3, 0.4) is 0 Å². The van der Waals surface area contributed by atoms with Crippen molar-refractivity contribution in [2.75, 3.05) is 0 Å². The molecule has 0 N–H and O–H groups in total. The van der Waals surface area contributed by atoms with Gasteiger partial charge in [0.1, 0.15) is 0 Å². The molecule has 2 heterocycles. The Morgan fingerprint density at radius 3 is 1.67 bits per heavy atom. The van der Waals surface area contributed by atoms with E-state index in [1.165, 1.54) is 38.5 Å². The summed E-state index contributed by atoms with van der Waals surface area (Å²) in [5.41, 5.74) is 6.47. The van der Waals surface area contributed by atoms with Crippen molar-refractivity contribution in [3.63, 3.8) is 0 Å². The quantitative estimate of drug-likeness (QED) is 0.603. The molecule has 2 aliphatic rings. The monoisotopic (exact) mass is 272 g/mol. The van der Waals surface area contributed by atoms with Crippen molar-refractivity contribution >= 4 is 33.8 Å². The fourth-order valence-electron chi connectivity index (χ4n) is 3.35. The zero-order valence-electron chi connectivity index (χ0n) is 10.4. The van der Waals surface area contributed by atoms with Gasteiger partial charge in [-0.15, -0.1) is 22.7 Å². The van der Waals surface area contributed by atoms with Crippen molar-refractivity contribution < 1.29 is 0 Å². The van der Waals surface area contributed by atoms with Crippen molar-refractivity contribution in [2.24, 2.45) is 0 Å². The average molecular weight is 272 g/mol. The Labute approximate surface area is 116 Å². The third-order valence-corrected chi connectivity index (χ3v) is 6.13. The number of allylic oxidation sites excluding steroid dienone is 2. The number of hydrogen-bond donors (Lipinski definition) is 0. The van der Waals surface area contributed by atoms with Gasteiger partial charge >= 0.3 is 0 Å². The number of hydrogen-bond acceptors (Lipinski definition) is 2. The molecule has 4 rings (SSSR count). The Hall–Kier alpha value is -0.860. The van der Waals surface area contributed by atoms with Gasteiger partial charge in [-0.25, -0.2) is 0 Å². The molecule has 0 fully saturated rings. The number of thiophene rings is 2. The van der Waals surface area contributed by atoms with E-state index < -0.39 is 0 Å². The summed E-state index contributed by atoms with van der Waals surface area (Å²) in [5, 5.41) is 4.54. The molecule has 0 atom stereocenters. The van der Waals surface area contributed by atoms with Gasteiger partial charge in [0.05, 0.1) is 0 Å². The predicted molar refractivity (Wildman–Crippen MR) is 81.3 cm³/mol. The number of fused-ring (bicyclic) bond motifs is 2. The van der Waals surface area contributed by atoms with Gasteiger partial charge in [-0.1, -0.05) is 0 Å². The van der Waals surface area contributed by atoms with Gasteiger partial charge in [-0.2, -0.15) is 0 Å². The first-order chi connectivity index (χ1) is 8.93. The van der Waals surface area contributed by atoms with Crippen LogP contribution in [0.1, 0.15) is 46.6 Å². The molecule has 0 spiro atoms. The fourth-order valence-corrected chi connectivity index (χ4v) is 5.25. The third kappa shape index (κ3) is 1.63. The molecule has 0 radical (unpaired) electrons. The van der Waals surface area contributed by atoms with Crippen LogP contribution in [0.4, 0.5) is 0 Å². The lowest BCUT2D eigenvalue weighted by molar-refractivity contribution is 0.814. The van der Waals surface area contributed by atoms with Gasteiger partial charge in [0, 0.05) is 9.75 Å². The van der Waals surface area contributed by atoms with E-state index in [0.29, 0.717) is 0 Å². The number of aryl methyl sites for hydroxylation is 2. The molecule has 0 saturated heterocycles. The lowest BCUT2D eigenvalue weighted by atomic mass is 9.82. The van der Waals surface area contributed by atoms with Crippen LogP contribution in [0.15, 0.2) is 22.9 Å². The minimum absolute atomic E-state index is 1.29. The first kappa shape index (κ1) is 11.0. The zero-order valence-corrected chi connectivity index (χ0v) is 12.0. The highest BCUT2D eigenvalue weighted by molar-refractivity contribution is 7.10. The maximum atomic E-state index is 2.35. The summed E-state index contributed by atoms with van der Waals surface area (Å²) in [5.74, 6) is 0. The van der Waals surface area contributed by atoms with Crippen LogP contribution in [0.25, 0.3) is 11.1 Å². The predicted octanol–water partition coefficient (Wildman–Crippen LogP) is 5.39. The minimum Gasteiger partial charge on any atom is -0.148 e. The summed E-state index contributed by atoms with van der Waals surface area (Å²) in [6, 6.07) is 4.70. The van der Waals surface area contributed by atoms with E-state index in [1.54, 1.807) is 32.0 Å². The van der Waals surface area contributed by atoms with Gasteiger partial charge in [0.2, 0.25) is 0 Å². The number of rotatable bonds is 0. The largest absolute Gasteiger partial charge is 0.148 e. The van der Waals surface area contributed by atoms with Crippen LogP contribution < -0.4 is 0 Å². The van der Waals surface area contributed by atoms with Crippen LogP contribution in [0.5, 0.6) is 0 Å². The van der Waals surface area contributed by atoms with Gasteiger partial charge in [-0.05, 0) is 83.7 Å². The summed E-state index contributed by atoms with van der Waals surface area (Å²) >= 11 is 3.89. The molecule has 2 aliphatic carbocycles. The highest BCUT2D eigenvalue weighted by atomic mass is 32.1. The molecule has 0 aliphatic heterocycles. The van der Waals surface area contributed by atoms with Crippen LogP contribution >= 0.6 is 22.7 Å². The Bertz CT molecular complexity index is 558. The fraction of sp³-hybridized carbons (Fsp3) is 0.375. The second-order valence-corrected chi connectivity index (χ2v) is 7.18. The highest BCUT2D eigenvalue weighted by Gasteiger charge is 2.23. The first-order valence-electron chi connectivity index (χ1n) is 6.79. The molecule has 0 saturated carbocycles. The van der Waals surface area contributed by atoms with E-state index >= 15 is 0 Å². The molecule has 2 aromatic rings. The van der Waals surface area contributed by atoms with E-state index in [-0.39, 0.29) is 0 Å². The van der Waals surface area contributed by atoms with Gasteiger partial charge in [0.15, 0.2) is 0 Å². The molecule has 2 aromatic heterocycles. The Balaban J connectivity index is 1.92. The molecule has 0 nitrogen and oxygen atoms in total. The molecule has 92 valence electrons. The second kappa shape index (κ2) is 4.36. The smallest absolute Gasteiger partial charge is 0.0121 e. The van der Waals surface area contributed by atoms with Crippen molar-refractivity contribution in [3.05, 3.63) is 43.8 Å². The first-order valence-corrected chi connectivity index (χ1v) is 8.55. The lowest BCUT2D eigenvalue weighted by Gasteiger charge is -2.23. The van der Waals surface area contributed by atoms with Crippen molar-refractivity contribution in [1.29, 1.82) is 0 Å². The van der Waals surface area contributed by atoms with E-state index in [1.807, 2.05) is 22.7 Å². The van der Waals surface area contributed by atoms with Crippen LogP contribution in [0, 0.1) is 0 Å². The van der Waals surface area contributed by atoms with Crippen molar-refractivity contribution in [3.8, 4) is 0 Å². The van der Waals surface area contributed by atoms with E-state index in [4.69, 9.17) is 0 Å². The van der Waals surface area contributed by atoms with Gasteiger partial charge < -0.3 is 0 Å². The summed E-state index contributed by atoms with van der Waals surface area (Å²) in [6.07, 6.45) is 7.83. The summed E-state index contributed by atoms with van der Waals surface area (Å²) < 4.78 is 0. The Kier molecular flexibility index (Phi) is 2.66. The topological polar surface area (TPSA) is 0 Å². The van der Waals surface area contributed by atoms with E-state index in [0.717, 1.165) is 0 Å². The van der Waals surface area contributed by atoms with Gasteiger partial charge in [-0.3, -0.25) is 0 Å². The molecule has 0 unspecified atom stereocenters. The maximum absolute atomic E-state index is 2.35. The molecular formula is C16H16S2. The van der Waals surface area contributed by atoms with Gasteiger partial charge in [0.25, 0.3) is 0 Å². The molecule has 2 heteroatoms. The molecular weight excluding hydrogens is 256 g/mol. The summed E-state index contributed by atoms with van der Waals surface area (Å²) in [4.78, 5) is 3.23. The Morgan fingerprint density at radius 2 is 1.17 bits per heavy atom. The van der Waals surface area contributed by atoms with Crippen LogP contribution in [-0.4, -0.2) is 0 Å². The minimum atomic E-state index is 1.29. The highest BCUT2D eigenvalue weighted by Crippen LogP contribution is 2.44. The Morgan fingerprint density at radius 1 is 0.667 bits per heavy atom. The second-order valence-electron chi connectivity index (χ2n) is 5.18. The molecule has 0 bridgehead atoms. The van der Waals surface area contributed by atoms with E-state index in [2.05, 4.69) is 22.9 Å². The van der Waals surface area contributed by atoms with Crippen molar-refractivity contribution in [2.45, 2.75) is 38.5 Å². The van der Waals surface area contributed by atoms with Crippen molar-refractivity contribution in [1.82, 2.24) is 0 Å². The maximum Gasteiger partial charge on any atom is 0.0121 e. The summed E-state index contributed by atoms with van der Waals surface area (Å²) in [7, 11) is 0. The standard InChI is InChI=1S/C16H16S2/c1-3-11(13-7-9-17-15(13)5-1)12-4-2-6-16-14(12)8-10-18-16/h7-10H,1-6H2/b12-11+. The molecule has 18 heavy (non-hydrogen) atoms. The van der Waals surface area contributed by atoms with Crippen LogP contribution in [-0.2, 0) is 12.8 Å². The zero-order chi connectivity index (χ0) is 11.9. The third-order valence-electron chi connectivity index (χ3n) is 4.17. The molecule has 0 amide bonds.